The van der Waals surface area contributed by atoms with Gasteiger partial charge in [0.15, 0.2) is 23.0 Å². The number of nitrogens with one attached hydrogen (secondary N) is 1. The third kappa shape index (κ3) is 4.13. The monoisotopic (exact) mass is 587 g/mol. The third-order valence-electron chi connectivity index (χ3n) is 6.61. The number of Topliss-reactive ketones (excluding diaryl/α,β-unsaturated/α-hetero) is 1. The number of ether oxygens (including phenoxy) is 1. The quantitative estimate of drug-likeness (QED) is 0.200. The van der Waals surface area contributed by atoms with Crippen molar-refractivity contribution in [1.82, 2.24) is 9.97 Å². The SMILES string of the molecule is CCOc1cc(C2C(C(=O)c3cc4cc(Br)ccc4o3)=C(O)C(=O)N2c2nc3ccc(C)cc3[nH]2)ccc1O. The molecule has 0 radical (unpaired) electrons. The number of H-pyrrole nitrogens is 1. The number of aromatic nitrogens is 2. The first-order valence-corrected chi connectivity index (χ1v) is 13.0. The van der Waals surface area contributed by atoms with Gasteiger partial charge in [0, 0.05) is 9.86 Å². The van der Waals surface area contributed by atoms with Crippen molar-refractivity contribution < 1.29 is 29.0 Å². The Morgan fingerprint density at radius 2 is 1.95 bits per heavy atom. The Labute approximate surface area is 230 Å². The molecule has 0 spiro atoms. The lowest BCUT2D eigenvalue weighted by atomic mass is 9.94. The molecule has 0 aliphatic carbocycles. The number of imidazole rings is 1. The summed E-state index contributed by atoms with van der Waals surface area (Å²) in [7, 11) is 0. The predicted molar refractivity (Wildman–Crippen MR) is 148 cm³/mol. The van der Waals surface area contributed by atoms with Crippen LogP contribution in [0.2, 0.25) is 0 Å². The highest BCUT2D eigenvalue weighted by Crippen LogP contribution is 2.44. The highest BCUT2D eigenvalue weighted by atomic mass is 79.9. The number of fused-ring (bicyclic) bond motifs is 2. The molecule has 3 aromatic carbocycles. The maximum atomic E-state index is 13.9. The van der Waals surface area contributed by atoms with Gasteiger partial charge in [0.05, 0.1) is 29.3 Å². The minimum absolute atomic E-state index is 0.0339. The molecule has 10 heteroatoms. The van der Waals surface area contributed by atoms with Gasteiger partial charge in [-0.25, -0.2) is 4.98 Å². The fourth-order valence-corrected chi connectivity index (χ4v) is 5.20. The molecule has 2 aromatic heterocycles. The molecule has 5 aromatic rings. The zero-order chi connectivity index (χ0) is 27.4. The summed E-state index contributed by atoms with van der Waals surface area (Å²) in [5, 5.41) is 22.1. The van der Waals surface area contributed by atoms with Crippen LogP contribution in [0.5, 0.6) is 11.5 Å². The fraction of sp³-hybridized carbons (Fsp3) is 0.138. The molecule has 0 saturated carbocycles. The van der Waals surface area contributed by atoms with E-state index in [1.165, 1.54) is 17.0 Å². The maximum absolute atomic E-state index is 13.9. The topological polar surface area (TPSA) is 129 Å². The van der Waals surface area contributed by atoms with Crippen molar-refractivity contribution in [3.63, 3.8) is 0 Å². The number of aliphatic hydroxyl groups is 1. The number of anilines is 1. The van der Waals surface area contributed by atoms with E-state index in [1.807, 2.05) is 25.1 Å². The van der Waals surface area contributed by atoms with Crippen molar-refractivity contribution in [3.05, 3.63) is 93.4 Å². The van der Waals surface area contributed by atoms with Crippen molar-refractivity contribution in [1.29, 1.82) is 0 Å². The van der Waals surface area contributed by atoms with E-state index in [-0.39, 0.29) is 35.4 Å². The molecular formula is C29H22BrN3O6. The second-order valence-corrected chi connectivity index (χ2v) is 10.1. The van der Waals surface area contributed by atoms with Crippen LogP contribution < -0.4 is 9.64 Å². The van der Waals surface area contributed by atoms with Gasteiger partial charge < -0.3 is 24.4 Å². The molecule has 6 rings (SSSR count). The van der Waals surface area contributed by atoms with Gasteiger partial charge in [-0.1, -0.05) is 28.1 Å². The lowest BCUT2D eigenvalue weighted by Crippen LogP contribution is -2.32. The highest BCUT2D eigenvalue weighted by molar-refractivity contribution is 9.10. The summed E-state index contributed by atoms with van der Waals surface area (Å²) in [6, 6.07) is 15.9. The molecule has 39 heavy (non-hydrogen) atoms. The summed E-state index contributed by atoms with van der Waals surface area (Å²) in [6.45, 7) is 3.99. The number of phenols is 1. The molecule has 0 bridgehead atoms. The second-order valence-electron chi connectivity index (χ2n) is 9.20. The van der Waals surface area contributed by atoms with Gasteiger partial charge in [-0.05, 0) is 73.5 Å². The maximum Gasteiger partial charge on any atom is 0.296 e. The van der Waals surface area contributed by atoms with Crippen LogP contribution in [-0.4, -0.2) is 38.5 Å². The normalized spacial score (nSPS) is 15.6. The van der Waals surface area contributed by atoms with Crippen molar-refractivity contribution in [2.45, 2.75) is 19.9 Å². The van der Waals surface area contributed by atoms with Crippen molar-refractivity contribution in [3.8, 4) is 11.5 Å². The number of furan rings is 1. The number of ketones is 1. The number of halogens is 1. The van der Waals surface area contributed by atoms with Crippen molar-refractivity contribution in [2.24, 2.45) is 0 Å². The number of phenolic OH excluding ortho intramolecular Hbond substituents is 1. The average molecular weight is 588 g/mol. The first-order valence-electron chi connectivity index (χ1n) is 12.2. The number of aliphatic hydroxyl groups excluding tert-OH is 1. The van der Waals surface area contributed by atoms with Gasteiger partial charge in [-0.2, -0.15) is 0 Å². The van der Waals surface area contributed by atoms with Crippen LogP contribution in [0.1, 0.15) is 34.6 Å². The van der Waals surface area contributed by atoms with Gasteiger partial charge >= 0.3 is 0 Å². The molecule has 1 atom stereocenters. The van der Waals surface area contributed by atoms with Crippen LogP contribution in [0.3, 0.4) is 0 Å². The summed E-state index contributed by atoms with van der Waals surface area (Å²) < 4.78 is 12.2. The summed E-state index contributed by atoms with van der Waals surface area (Å²) in [6.07, 6.45) is 0. The summed E-state index contributed by atoms with van der Waals surface area (Å²) in [5.41, 5.74) is 3.03. The van der Waals surface area contributed by atoms with Crippen LogP contribution in [0.25, 0.3) is 22.0 Å². The number of nitrogens with zero attached hydrogens (tertiary/aromatic N) is 2. The largest absolute Gasteiger partial charge is 0.504 e. The third-order valence-corrected chi connectivity index (χ3v) is 7.10. The number of rotatable bonds is 6. The molecule has 0 saturated heterocycles. The van der Waals surface area contributed by atoms with E-state index >= 15 is 0 Å². The molecular weight excluding hydrogens is 566 g/mol. The lowest BCUT2D eigenvalue weighted by molar-refractivity contribution is -0.117. The molecule has 9 nitrogen and oxygen atoms in total. The van der Waals surface area contributed by atoms with Crippen molar-refractivity contribution in [2.75, 3.05) is 11.5 Å². The van der Waals surface area contributed by atoms with E-state index in [2.05, 4.69) is 25.9 Å². The van der Waals surface area contributed by atoms with Crippen LogP contribution in [0.4, 0.5) is 5.95 Å². The second kappa shape index (κ2) is 9.32. The summed E-state index contributed by atoms with van der Waals surface area (Å²) >= 11 is 3.41. The zero-order valence-corrected chi connectivity index (χ0v) is 22.4. The molecule has 1 unspecified atom stereocenters. The van der Waals surface area contributed by atoms with Gasteiger partial charge in [0.2, 0.25) is 11.7 Å². The molecule has 196 valence electrons. The van der Waals surface area contributed by atoms with Gasteiger partial charge in [0.25, 0.3) is 5.91 Å². The van der Waals surface area contributed by atoms with Gasteiger partial charge in [0.1, 0.15) is 5.58 Å². The van der Waals surface area contributed by atoms with E-state index in [9.17, 15) is 19.8 Å². The number of hydrogen-bond acceptors (Lipinski definition) is 7. The number of benzene rings is 3. The molecule has 3 heterocycles. The Morgan fingerprint density at radius 1 is 1.13 bits per heavy atom. The first-order chi connectivity index (χ1) is 18.7. The van der Waals surface area contributed by atoms with Crippen LogP contribution in [-0.2, 0) is 4.79 Å². The standard InChI is InChI=1S/C29H22BrN3O6/c1-3-38-22-12-15(5-8-20(22)34)25-24(26(35)23-13-16-11-17(30)6-9-21(16)39-23)27(36)28(37)33(25)29-31-18-7-4-14(2)10-19(18)32-29/h4-13,25,34,36H,3H2,1-2H3,(H,31,32). The average Bonchev–Trinajstić information content (AvgIpc) is 3.59. The van der Waals surface area contributed by atoms with E-state index < -0.39 is 23.5 Å². The van der Waals surface area contributed by atoms with Gasteiger partial charge in [-0.3, -0.25) is 14.5 Å². The number of hydrogen-bond donors (Lipinski definition) is 3. The number of aromatic amines is 1. The minimum atomic E-state index is -1.09. The van der Waals surface area contributed by atoms with Gasteiger partial charge in [-0.15, -0.1) is 0 Å². The fourth-order valence-electron chi connectivity index (χ4n) is 4.83. The van der Waals surface area contributed by atoms with Crippen LogP contribution >= 0.6 is 15.9 Å². The molecule has 0 fully saturated rings. The lowest BCUT2D eigenvalue weighted by Gasteiger charge is -2.25. The minimum Gasteiger partial charge on any atom is -0.504 e. The molecule has 1 amide bonds. The number of carbonyl (C=O) groups is 2. The van der Waals surface area contributed by atoms with Crippen LogP contribution in [0, 0.1) is 6.92 Å². The first kappa shape index (κ1) is 24.7. The van der Waals surface area contributed by atoms with E-state index in [4.69, 9.17) is 9.15 Å². The Morgan fingerprint density at radius 3 is 2.74 bits per heavy atom. The molecule has 1 aliphatic heterocycles. The van der Waals surface area contributed by atoms with Crippen LogP contribution in [0.15, 0.2) is 80.9 Å². The van der Waals surface area contributed by atoms with Crippen molar-refractivity contribution >= 4 is 55.6 Å². The summed E-state index contributed by atoms with van der Waals surface area (Å²) in [4.78, 5) is 36.4. The predicted octanol–water partition coefficient (Wildman–Crippen LogP) is 6.27. The Hall–Kier alpha value is -4.57. The van der Waals surface area contributed by atoms with E-state index in [1.54, 1.807) is 37.3 Å². The zero-order valence-electron chi connectivity index (χ0n) is 20.9. The number of aryl methyl sites for hydroxylation is 1. The smallest absolute Gasteiger partial charge is 0.296 e. The number of aromatic hydroxyl groups is 1. The number of carbonyl (C=O) groups excluding carboxylic acids is 2. The Bertz CT molecular complexity index is 1840. The van der Waals surface area contributed by atoms with E-state index in [0.717, 1.165) is 10.0 Å². The number of amides is 1. The Balaban J connectivity index is 1.52. The molecule has 1 aliphatic rings. The van der Waals surface area contributed by atoms with E-state index in [0.29, 0.717) is 27.6 Å². The summed E-state index contributed by atoms with van der Waals surface area (Å²) in [5.74, 6) is -1.97. The molecule has 3 N–H and O–H groups in total. The highest BCUT2D eigenvalue weighted by Gasteiger charge is 2.47. The Kier molecular flexibility index (Phi) is 5.91.